The SMILES string of the molecule is CCCCCCCCCCCCCCCCCCCC(=O)OCC(COCCC(C(=O)[O-])[N+](C)(C)C)OC(=O)CCCCCCCCCCCCCCC. The van der Waals surface area contributed by atoms with Crippen LogP contribution in [0.4, 0.5) is 0 Å². The molecule has 2 atom stereocenters. The summed E-state index contributed by atoms with van der Waals surface area (Å²) in [6.07, 6.45) is 38.3. The average molecular weight is 768 g/mol. The van der Waals surface area contributed by atoms with E-state index in [2.05, 4.69) is 13.8 Å². The van der Waals surface area contributed by atoms with Crippen LogP contribution in [0.1, 0.15) is 226 Å². The molecule has 0 heterocycles. The summed E-state index contributed by atoms with van der Waals surface area (Å²) in [6.45, 7) is 4.70. The van der Waals surface area contributed by atoms with E-state index in [1.807, 2.05) is 0 Å². The first-order chi connectivity index (χ1) is 26.1. The quantitative estimate of drug-likeness (QED) is 0.0346. The van der Waals surface area contributed by atoms with Crippen LogP contribution in [0.3, 0.4) is 0 Å². The van der Waals surface area contributed by atoms with Crippen LogP contribution in [-0.2, 0) is 28.6 Å². The molecule has 0 saturated heterocycles. The molecule has 0 fully saturated rings. The highest BCUT2D eigenvalue weighted by Crippen LogP contribution is 2.16. The molecule has 0 N–H and O–H groups in total. The zero-order chi connectivity index (χ0) is 40.0. The Bertz CT molecular complexity index is 858. The van der Waals surface area contributed by atoms with Crippen molar-refractivity contribution in [3.63, 3.8) is 0 Å². The Balaban J connectivity index is 4.25. The summed E-state index contributed by atoms with van der Waals surface area (Å²) in [5, 5.41) is 11.6. The molecule has 320 valence electrons. The molecule has 8 nitrogen and oxygen atoms in total. The molecular formula is C46H89NO7. The molecule has 0 rings (SSSR count). The number of carboxylic acid groups (broad SMARTS) is 1. The second kappa shape index (κ2) is 38.2. The number of ether oxygens (including phenoxy) is 3. The minimum Gasteiger partial charge on any atom is -0.544 e. The van der Waals surface area contributed by atoms with E-state index in [1.165, 1.54) is 154 Å². The van der Waals surface area contributed by atoms with E-state index in [-0.39, 0.29) is 42.7 Å². The Labute approximate surface area is 334 Å². The number of carboxylic acids is 1. The van der Waals surface area contributed by atoms with E-state index in [0.717, 1.165) is 38.5 Å². The van der Waals surface area contributed by atoms with Gasteiger partial charge in [-0.2, -0.15) is 0 Å². The Kier molecular flexibility index (Phi) is 37.0. The number of hydrogen-bond acceptors (Lipinski definition) is 7. The zero-order valence-corrected chi connectivity index (χ0v) is 36.4. The molecule has 0 bridgehead atoms. The number of nitrogens with zero attached hydrogens (tertiary/aromatic N) is 1. The smallest absolute Gasteiger partial charge is 0.306 e. The molecule has 8 heteroatoms. The van der Waals surface area contributed by atoms with E-state index in [9.17, 15) is 19.5 Å². The van der Waals surface area contributed by atoms with Crippen molar-refractivity contribution in [3.8, 4) is 0 Å². The number of likely N-dealkylation sites (N-methyl/N-ethyl adjacent to an activating group) is 1. The van der Waals surface area contributed by atoms with Crippen molar-refractivity contribution in [2.75, 3.05) is 41.0 Å². The predicted octanol–water partition coefficient (Wildman–Crippen LogP) is 11.2. The minimum absolute atomic E-state index is 0.0493. The first-order valence-electron chi connectivity index (χ1n) is 23.1. The fourth-order valence-corrected chi connectivity index (χ4v) is 7.13. The maximum atomic E-state index is 12.7. The lowest BCUT2D eigenvalue weighted by Gasteiger charge is -2.34. The molecule has 2 unspecified atom stereocenters. The number of rotatable bonds is 42. The van der Waals surface area contributed by atoms with Gasteiger partial charge in [-0.1, -0.05) is 194 Å². The Morgan fingerprint density at radius 3 is 1.15 bits per heavy atom. The summed E-state index contributed by atoms with van der Waals surface area (Å²) in [4.78, 5) is 36.8. The first-order valence-corrected chi connectivity index (χ1v) is 23.1. The summed E-state index contributed by atoms with van der Waals surface area (Å²) < 4.78 is 17.2. The maximum absolute atomic E-state index is 12.7. The van der Waals surface area contributed by atoms with Crippen LogP contribution in [0.15, 0.2) is 0 Å². The molecule has 0 aromatic rings. The lowest BCUT2D eigenvalue weighted by Crippen LogP contribution is -2.55. The highest BCUT2D eigenvalue weighted by molar-refractivity contribution is 5.70. The molecule has 54 heavy (non-hydrogen) atoms. The normalized spacial score (nSPS) is 12.8. The van der Waals surface area contributed by atoms with Crippen LogP contribution in [0.5, 0.6) is 0 Å². The van der Waals surface area contributed by atoms with Gasteiger partial charge in [0.1, 0.15) is 12.6 Å². The van der Waals surface area contributed by atoms with Gasteiger partial charge in [-0.25, -0.2) is 0 Å². The summed E-state index contributed by atoms with van der Waals surface area (Å²) in [5.74, 6) is -1.71. The highest BCUT2D eigenvalue weighted by atomic mass is 16.6. The maximum Gasteiger partial charge on any atom is 0.306 e. The second-order valence-corrected chi connectivity index (χ2v) is 17.0. The first kappa shape index (κ1) is 52.3. The minimum atomic E-state index is -1.12. The molecule has 0 aliphatic rings. The van der Waals surface area contributed by atoms with Crippen LogP contribution in [0, 0.1) is 0 Å². The monoisotopic (exact) mass is 768 g/mol. The molecule has 0 amide bonds. The Morgan fingerprint density at radius 2 is 0.815 bits per heavy atom. The fraction of sp³-hybridized carbons (Fsp3) is 0.935. The standard InChI is InChI=1S/C46H89NO7/c1-6-8-10-12-14-16-18-20-21-22-23-25-26-28-30-32-34-36-44(48)53-41-42(40-52-39-38-43(46(50)51)47(3,4)5)54-45(49)37-35-33-31-29-27-24-19-17-15-13-11-9-7-2/h42-43H,6-41H2,1-5H3. The predicted molar refractivity (Wildman–Crippen MR) is 222 cm³/mol. The molecule has 0 aromatic heterocycles. The van der Waals surface area contributed by atoms with Crippen molar-refractivity contribution in [2.24, 2.45) is 0 Å². The third kappa shape index (κ3) is 36.0. The molecule has 0 spiro atoms. The number of carbonyl (C=O) groups excluding carboxylic acids is 3. The van der Waals surface area contributed by atoms with Crippen molar-refractivity contribution < 1.29 is 38.2 Å². The van der Waals surface area contributed by atoms with Gasteiger partial charge in [0.25, 0.3) is 0 Å². The van der Waals surface area contributed by atoms with Crippen LogP contribution in [-0.4, -0.2) is 75.5 Å². The van der Waals surface area contributed by atoms with Crippen molar-refractivity contribution in [3.05, 3.63) is 0 Å². The van der Waals surface area contributed by atoms with E-state index < -0.39 is 18.1 Å². The van der Waals surface area contributed by atoms with Gasteiger partial charge in [0, 0.05) is 19.3 Å². The number of unbranched alkanes of at least 4 members (excludes halogenated alkanes) is 28. The van der Waals surface area contributed by atoms with Crippen LogP contribution in [0.25, 0.3) is 0 Å². The lowest BCUT2D eigenvalue weighted by molar-refractivity contribution is -0.889. The van der Waals surface area contributed by atoms with E-state index >= 15 is 0 Å². The van der Waals surface area contributed by atoms with Gasteiger partial charge in [0.2, 0.25) is 0 Å². The molecule has 0 aliphatic heterocycles. The Morgan fingerprint density at radius 1 is 0.481 bits per heavy atom. The van der Waals surface area contributed by atoms with Gasteiger partial charge in [-0.3, -0.25) is 9.59 Å². The third-order valence-corrected chi connectivity index (χ3v) is 10.7. The van der Waals surface area contributed by atoms with E-state index in [4.69, 9.17) is 14.2 Å². The topological polar surface area (TPSA) is 102 Å². The molecule has 0 aromatic carbocycles. The molecular weight excluding hydrogens is 679 g/mol. The van der Waals surface area contributed by atoms with Gasteiger partial charge in [-0.15, -0.1) is 0 Å². The largest absolute Gasteiger partial charge is 0.544 e. The van der Waals surface area contributed by atoms with Crippen molar-refractivity contribution in [1.29, 1.82) is 0 Å². The average Bonchev–Trinajstić information content (AvgIpc) is 3.12. The van der Waals surface area contributed by atoms with Crippen LogP contribution < -0.4 is 5.11 Å². The van der Waals surface area contributed by atoms with Gasteiger partial charge in [0.15, 0.2) is 6.10 Å². The van der Waals surface area contributed by atoms with E-state index in [1.54, 1.807) is 21.1 Å². The van der Waals surface area contributed by atoms with Crippen molar-refractivity contribution in [1.82, 2.24) is 0 Å². The number of hydrogen-bond donors (Lipinski definition) is 0. The molecule has 0 saturated carbocycles. The van der Waals surface area contributed by atoms with Crippen LogP contribution >= 0.6 is 0 Å². The van der Waals surface area contributed by atoms with Gasteiger partial charge < -0.3 is 28.6 Å². The summed E-state index contributed by atoms with van der Waals surface area (Å²) in [7, 11) is 5.42. The lowest BCUT2D eigenvalue weighted by atomic mass is 10.0. The fourth-order valence-electron chi connectivity index (χ4n) is 7.13. The molecule has 0 aliphatic carbocycles. The van der Waals surface area contributed by atoms with Gasteiger partial charge >= 0.3 is 11.9 Å². The second-order valence-electron chi connectivity index (χ2n) is 17.0. The zero-order valence-electron chi connectivity index (χ0n) is 36.4. The van der Waals surface area contributed by atoms with Gasteiger partial charge in [-0.05, 0) is 12.8 Å². The third-order valence-electron chi connectivity index (χ3n) is 10.7. The van der Waals surface area contributed by atoms with Crippen LogP contribution in [0.2, 0.25) is 0 Å². The number of esters is 2. The summed E-state index contributed by atoms with van der Waals surface area (Å²) >= 11 is 0. The summed E-state index contributed by atoms with van der Waals surface area (Å²) in [6, 6.07) is -0.719. The Hall–Kier alpha value is -1.67. The van der Waals surface area contributed by atoms with Crippen molar-refractivity contribution >= 4 is 17.9 Å². The van der Waals surface area contributed by atoms with Crippen molar-refractivity contribution in [2.45, 2.75) is 238 Å². The number of quaternary nitrogens is 1. The van der Waals surface area contributed by atoms with E-state index in [0.29, 0.717) is 12.8 Å². The number of aliphatic carboxylic acids is 1. The number of carbonyl (C=O) groups is 3. The highest BCUT2D eigenvalue weighted by Gasteiger charge is 2.25. The van der Waals surface area contributed by atoms with Gasteiger partial charge in [0.05, 0.1) is 40.3 Å². The summed E-state index contributed by atoms with van der Waals surface area (Å²) in [5.41, 5.74) is 0. The molecule has 0 radical (unpaired) electrons.